The van der Waals surface area contributed by atoms with Crippen LogP contribution in [0.4, 0.5) is 4.39 Å². The van der Waals surface area contributed by atoms with Gasteiger partial charge in [0.05, 0.1) is 24.4 Å². The van der Waals surface area contributed by atoms with E-state index in [9.17, 15) is 14.3 Å². The topological polar surface area (TPSA) is 125 Å². The Labute approximate surface area is 186 Å². The number of carbonyl (C=O) groups is 1. The van der Waals surface area contributed by atoms with Crippen molar-refractivity contribution in [3.8, 4) is 22.5 Å². The van der Waals surface area contributed by atoms with E-state index in [1.165, 1.54) is 12.1 Å². The molecule has 5 rings (SSSR count). The first-order valence-corrected chi connectivity index (χ1v) is 9.99. The second kappa shape index (κ2) is 7.83. The van der Waals surface area contributed by atoms with Gasteiger partial charge in [0.2, 0.25) is 0 Å². The number of fused-ring (bicyclic) bond motifs is 2. The van der Waals surface area contributed by atoms with Gasteiger partial charge < -0.3 is 14.7 Å². The minimum absolute atomic E-state index is 0.340. The third-order valence-corrected chi connectivity index (χ3v) is 5.59. The SMILES string of the molecule is C=C[C@H]([C@@H](C=C)C(=O)O)n1cc(-c2cn[nH]c2)c2cnc(-c3c[nH]c4ncc(F)cc34)nc21. The van der Waals surface area contributed by atoms with Crippen molar-refractivity contribution in [1.29, 1.82) is 0 Å². The molecule has 5 heterocycles. The predicted molar refractivity (Wildman–Crippen MR) is 121 cm³/mol. The lowest BCUT2D eigenvalue weighted by atomic mass is 10.00. The van der Waals surface area contributed by atoms with Crippen molar-refractivity contribution in [2.75, 3.05) is 0 Å². The number of nitrogens with zero attached hydrogens (tertiary/aromatic N) is 5. The Balaban J connectivity index is 1.77. The number of nitrogens with one attached hydrogen (secondary N) is 2. The van der Waals surface area contributed by atoms with Crippen LogP contribution in [0.5, 0.6) is 0 Å². The van der Waals surface area contributed by atoms with Gasteiger partial charge >= 0.3 is 5.97 Å². The highest BCUT2D eigenvalue weighted by molar-refractivity contribution is 5.96. The number of allylic oxidation sites excluding steroid dienone is 1. The molecule has 164 valence electrons. The fraction of sp³-hybridized carbons (Fsp3) is 0.0870. The Kier molecular flexibility index (Phi) is 4.82. The van der Waals surface area contributed by atoms with Gasteiger partial charge in [-0.05, 0) is 6.07 Å². The van der Waals surface area contributed by atoms with Crippen molar-refractivity contribution < 1.29 is 14.3 Å². The van der Waals surface area contributed by atoms with E-state index in [0.717, 1.165) is 17.3 Å². The number of halogens is 1. The van der Waals surface area contributed by atoms with Crippen LogP contribution in [-0.2, 0) is 4.79 Å². The zero-order chi connectivity index (χ0) is 23.1. The lowest BCUT2D eigenvalue weighted by molar-refractivity contribution is -0.140. The van der Waals surface area contributed by atoms with Crippen molar-refractivity contribution >= 4 is 28.0 Å². The van der Waals surface area contributed by atoms with E-state index in [4.69, 9.17) is 4.98 Å². The monoisotopic (exact) mass is 443 g/mol. The number of hydrogen-bond acceptors (Lipinski definition) is 5. The normalized spacial score (nSPS) is 13.2. The van der Waals surface area contributed by atoms with Crippen LogP contribution in [-0.4, -0.2) is 45.8 Å². The molecule has 2 atom stereocenters. The van der Waals surface area contributed by atoms with E-state index in [-0.39, 0.29) is 0 Å². The third-order valence-electron chi connectivity index (χ3n) is 5.59. The Morgan fingerprint density at radius 1 is 1.12 bits per heavy atom. The Morgan fingerprint density at radius 2 is 1.97 bits per heavy atom. The number of aliphatic carboxylic acids is 1. The molecule has 0 aliphatic carbocycles. The molecule has 9 nitrogen and oxygen atoms in total. The summed E-state index contributed by atoms with van der Waals surface area (Å²) in [5.41, 5.74) is 3.14. The van der Waals surface area contributed by atoms with Crippen LogP contribution in [0.25, 0.3) is 44.6 Å². The van der Waals surface area contributed by atoms with Gasteiger partial charge in [-0.15, -0.1) is 13.2 Å². The van der Waals surface area contributed by atoms with Crippen LogP contribution in [0.3, 0.4) is 0 Å². The summed E-state index contributed by atoms with van der Waals surface area (Å²) in [7, 11) is 0. The van der Waals surface area contributed by atoms with Gasteiger partial charge in [0.1, 0.15) is 17.1 Å². The van der Waals surface area contributed by atoms with E-state index in [1.807, 2.05) is 0 Å². The van der Waals surface area contributed by atoms with Crippen molar-refractivity contribution in [3.05, 3.63) is 74.4 Å². The number of aromatic nitrogens is 7. The molecule has 0 unspecified atom stereocenters. The summed E-state index contributed by atoms with van der Waals surface area (Å²) in [5, 5.41) is 17.7. The van der Waals surface area contributed by atoms with Crippen LogP contribution in [0.15, 0.2) is 68.6 Å². The average molecular weight is 443 g/mol. The van der Waals surface area contributed by atoms with Gasteiger partial charge in [0.25, 0.3) is 0 Å². The number of aromatic amines is 2. The highest BCUT2D eigenvalue weighted by Crippen LogP contribution is 2.35. The summed E-state index contributed by atoms with van der Waals surface area (Å²) < 4.78 is 15.6. The fourth-order valence-corrected chi connectivity index (χ4v) is 4.00. The van der Waals surface area contributed by atoms with Gasteiger partial charge in [0, 0.05) is 52.3 Å². The van der Waals surface area contributed by atoms with E-state index in [0.29, 0.717) is 33.5 Å². The molecule has 0 aliphatic rings. The predicted octanol–water partition coefficient (Wildman–Crippen LogP) is 4.12. The molecular weight excluding hydrogens is 425 g/mol. The summed E-state index contributed by atoms with van der Waals surface area (Å²) >= 11 is 0. The second-order valence-corrected chi connectivity index (χ2v) is 7.45. The summed E-state index contributed by atoms with van der Waals surface area (Å²) in [6.07, 6.45) is 12.6. The molecule has 0 fully saturated rings. The van der Waals surface area contributed by atoms with Gasteiger partial charge in [0.15, 0.2) is 5.82 Å². The van der Waals surface area contributed by atoms with E-state index in [2.05, 4.69) is 38.3 Å². The van der Waals surface area contributed by atoms with E-state index in [1.54, 1.807) is 41.6 Å². The Bertz CT molecular complexity index is 1520. The van der Waals surface area contributed by atoms with Crippen molar-refractivity contribution in [3.63, 3.8) is 0 Å². The molecule has 0 aliphatic heterocycles. The molecule has 0 aromatic carbocycles. The maximum absolute atomic E-state index is 13.8. The van der Waals surface area contributed by atoms with Gasteiger partial charge in [-0.2, -0.15) is 5.10 Å². The molecule has 3 N–H and O–H groups in total. The van der Waals surface area contributed by atoms with Crippen LogP contribution in [0.1, 0.15) is 6.04 Å². The molecule has 10 heteroatoms. The summed E-state index contributed by atoms with van der Waals surface area (Å²) in [6, 6.07) is 0.704. The van der Waals surface area contributed by atoms with Gasteiger partial charge in [-0.25, -0.2) is 19.3 Å². The zero-order valence-corrected chi connectivity index (χ0v) is 17.2. The standard InChI is InChI=1S/C23H18FN7O2/c1-3-14(23(32)33)19(4-2)31-11-18(12-6-28-29-7-12)17-10-27-21(30-22(17)31)16-9-26-20-15(16)5-13(24)8-25-20/h3-11,14,19H,1-2H2,(H,25,26)(H,28,29)(H,32,33)/t14-,19-/m1/s1. The van der Waals surface area contributed by atoms with Crippen LogP contribution < -0.4 is 0 Å². The lowest BCUT2D eigenvalue weighted by Gasteiger charge is -2.20. The van der Waals surface area contributed by atoms with Crippen LogP contribution in [0.2, 0.25) is 0 Å². The highest BCUT2D eigenvalue weighted by atomic mass is 19.1. The summed E-state index contributed by atoms with van der Waals surface area (Å²) in [5.74, 6) is -2.10. The molecule has 5 aromatic heterocycles. The van der Waals surface area contributed by atoms with Gasteiger partial charge in [-0.3, -0.25) is 9.89 Å². The number of hydrogen-bond donors (Lipinski definition) is 3. The average Bonchev–Trinajstić information content (AvgIpc) is 3.55. The summed E-state index contributed by atoms with van der Waals surface area (Å²) in [4.78, 5) is 28.2. The number of H-pyrrole nitrogens is 2. The Hall–Kier alpha value is -4.60. The largest absolute Gasteiger partial charge is 0.481 e. The molecule has 0 radical (unpaired) electrons. The first-order valence-electron chi connectivity index (χ1n) is 9.99. The first kappa shape index (κ1) is 20.3. The van der Waals surface area contributed by atoms with E-state index < -0.39 is 23.7 Å². The molecule has 0 spiro atoms. The van der Waals surface area contributed by atoms with E-state index >= 15 is 0 Å². The number of carboxylic acid groups (broad SMARTS) is 1. The highest BCUT2D eigenvalue weighted by Gasteiger charge is 2.27. The lowest BCUT2D eigenvalue weighted by Crippen LogP contribution is -2.23. The molecular formula is C23H18FN7O2. The Morgan fingerprint density at radius 3 is 2.67 bits per heavy atom. The van der Waals surface area contributed by atoms with Gasteiger partial charge in [-0.1, -0.05) is 12.2 Å². The minimum Gasteiger partial charge on any atom is -0.481 e. The molecule has 0 bridgehead atoms. The van der Waals surface area contributed by atoms with Crippen molar-refractivity contribution in [2.24, 2.45) is 5.92 Å². The van der Waals surface area contributed by atoms with Crippen molar-refractivity contribution in [2.45, 2.75) is 6.04 Å². The molecule has 0 saturated carbocycles. The number of rotatable bonds is 7. The zero-order valence-electron chi connectivity index (χ0n) is 17.2. The van der Waals surface area contributed by atoms with Crippen LogP contribution in [0, 0.1) is 11.7 Å². The molecule has 5 aromatic rings. The maximum atomic E-state index is 13.8. The fourth-order valence-electron chi connectivity index (χ4n) is 4.00. The quantitative estimate of drug-likeness (QED) is 0.325. The maximum Gasteiger partial charge on any atom is 0.312 e. The smallest absolute Gasteiger partial charge is 0.312 e. The number of carboxylic acids is 1. The summed E-state index contributed by atoms with van der Waals surface area (Å²) in [6.45, 7) is 7.52. The second-order valence-electron chi connectivity index (χ2n) is 7.45. The molecule has 33 heavy (non-hydrogen) atoms. The number of pyridine rings is 1. The first-order chi connectivity index (χ1) is 16.0. The van der Waals surface area contributed by atoms with Crippen molar-refractivity contribution in [1.82, 2.24) is 34.7 Å². The minimum atomic E-state index is -1.03. The van der Waals surface area contributed by atoms with Crippen LogP contribution >= 0.6 is 0 Å². The molecule has 0 amide bonds. The molecule has 0 saturated heterocycles. The third kappa shape index (κ3) is 3.28.